The Hall–Kier alpha value is -0.0900. The van der Waals surface area contributed by atoms with Crippen LogP contribution in [0, 0.1) is 11.8 Å². The van der Waals surface area contributed by atoms with Crippen LogP contribution in [0.4, 0.5) is 0 Å². The van der Waals surface area contributed by atoms with Crippen molar-refractivity contribution in [1.29, 1.82) is 0 Å². The molecular weight excluding hydrogens is 264 g/mol. The largest absolute Gasteiger partial charge is 0.316 e. The molecule has 0 amide bonds. The smallest absolute Gasteiger partial charge is 0.0931 e. The third-order valence-corrected chi connectivity index (χ3v) is 5.85. The number of likely N-dealkylation sites (tertiary alicyclic amines) is 1. The molecule has 0 aromatic carbocycles. The van der Waals surface area contributed by atoms with Crippen molar-refractivity contribution in [1.82, 2.24) is 10.2 Å². The molecule has 3 rings (SSSR count). The number of rotatable bonds is 3. The first kappa shape index (κ1) is 12.9. The van der Waals surface area contributed by atoms with Gasteiger partial charge in [-0.05, 0) is 55.3 Å². The molecule has 4 heteroatoms. The third kappa shape index (κ3) is 2.11. The summed E-state index contributed by atoms with van der Waals surface area (Å²) < 4.78 is 0.908. The summed E-state index contributed by atoms with van der Waals surface area (Å²) in [5.74, 6) is 1.71. The molecule has 2 saturated heterocycles. The number of hydrogen-bond donors (Lipinski definition) is 1. The number of thiophene rings is 1. The van der Waals surface area contributed by atoms with Crippen molar-refractivity contribution in [2.75, 3.05) is 19.6 Å². The Bertz CT molecular complexity index is 420. The second-order valence-corrected chi connectivity index (χ2v) is 7.16. The van der Waals surface area contributed by atoms with Crippen molar-refractivity contribution >= 4 is 22.9 Å². The number of fused-ring (bicyclic) bond motifs is 1. The van der Waals surface area contributed by atoms with E-state index in [2.05, 4.69) is 35.5 Å². The molecule has 2 aliphatic rings. The lowest BCUT2D eigenvalue weighted by atomic mass is 9.92. The van der Waals surface area contributed by atoms with Crippen molar-refractivity contribution in [3.05, 3.63) is 21.3 Å². The van der Waals surface area contributed by atoms with Crippen LogP contribution >= 0.6 is 22.9 Å². The molecule has 2 fully saturated rings. The van der Waals surface area contributed by atoms with Gasteiger partial charge in [-0.25, -0.2) is 0 Å². The average Bonchev–Trinajstić information content (AvgIpc) is 3.01. The lowest BCUT2D eigenvalue weighted by Gasteiger charge is -2.32. The number of nitrogens with one attached hydrogen (secondary N) is 1. The quantitative estimate of drug-likeness (QED) is 0.915. The van der Waals surface area contributed by atoms with Gasteiger partial charge in [0.05, 0.1) is 4.34 Å². The molecule has 3 heterocycles. The minimum atomic E-state index is 0.504. The van der Waals surface area contributed by atoms with Gasteiger partial charge in [-0.15, -0.1) is 11.3 Å². The van der Waals surface area contributed by atoms with E-state index >= 15 is 0 Å². The van der Waals surface area contributed by atoms with Crippen LogP contribution in [0.5, 0.6) is 0 Å². The van der Waals surface area contributed by atoms with Gasteiger partial charge in [-0.1, -0.05) is 18.5 Å². The zero-order valence-electron chi connectivity index (χ0n) is 11.0. The second kappa shape index (κ2) is 5.12. The van der Waals surface area contributed by atoms with E-state index < -0.39 is 0 Å². The normalized spacial score (nSPS) is 33.8. The Balaban J connectivity index is 1.79. The predicted molar refractivity (Wildman–Crippen MR) is 78.4 cm³/mol. The molecule has 4 atom stereocenters. The first-order valence-electron chi connectivity index (χ1n) is 6.91. The summed E-state index contributed by atoms with van der Waals surface area (Å²) in [7, 11) is 0. The Kier molecular flexibility index (Phi) is 3.68. The fourth-order valence-electron chi connectivity index (χ4n) is 3.77. The van der Waals surface area contributed by atoms with Gasteiger partial charge in [0.15, 0.2) is 0 Å². The van der Waals surface area contributed by atoms with Crippen molar-refractivity contribution in [3.63, 3.8) is 0 Å². The fraction of sp³-hybridized carbons (Fsp3) is 0.714. The van der Waals surface area contributed by atoms with Gasteiger partial charge in [0.25, 0.3) is 0 Å². The van der Waals surface area contributed by atoms with Crippen LogP contribution in [0.2, 0.25) is 4.34 Å². The molecule has 4 unspecified atom stereocenters. The minimum absolute atomic E-state index is 0.504. The molecular formula is C14H21ClN2S. The van der Waals surface area contributed by atoms with Crippen LogP contribution in [0.15, 0.2) is 11.4 Å². The van der Waals surface area contributed by atoms with Gasteiger partial charge >= 0.3 is 0 Å². The molecule has 1 aromatic rings. The molecule has 0 aliphatic carbocycles. The number of hydrogen-bond acceptors (Lipinski definition) is 3. The summed E-state index contributed by atoms with van der Waals surface area (Å²) >= 11 is 7.72. The summed E-state index contributed by atoms with van der Waals surface area (Å²) in [4.78, 5) is 2.70. The molecule has 1 aromatic heterocycles. The Morgan fingerprint density at radius 2 is 2.39 bits per heavy atom. The highest BCUT2D eigenvalue weighted by Gasteiger charge is 2.44. The molecule has 100 valence electrons. The van der Waals surface area contributed by atoms with E-state index in [1.54, 1.807) is 11.3 Å². The van der Waals surface area contributed by atoms with Crippen LogP contribution < -0.4 is 5.32 Å². The number of nitrogens with zero attached hydrogens (tertiary/aromatic N) is 1. The third-order valence-electron chi connectivity index (χ3n) is 4.74. The Morgan fingerprint density at radius 1 is 1.56 bits per heavy atom. The molecule has 2 aliphatic heterocycles. The zero-order valence-corrected chi connectivity index (χ0v) is 12.6. The van der Waals surface area contributed by atoms with Crippen LogP contribution in [-0.4, -0.2) is 30.6 Å². The van der Waals surface area contributed by atoms with Crippen molar-refractivity contribution in [2.24, 2.45) is 11.8 Å². The number of halogens is 1. The van der Waals surface area contributed by atoms with Crippen LogP contribution in [0.1, 0.15) is 31.9 Å². The molecule has 0 saturated carbocycles. The van der Waals surface area contributed by atoms with Crippen LogP contribution in [0.25, 0.3) is 0 Å². The van der Waals surface area contributed by atoms with Crippen LogP contribution in [0.3, 0.4) is 0 Å². The first-order valence-corrected chi connectivity index (χ1v) is 8.16. The van der Waals surface area contributed by atoms with Crippen molar-refractivity contribution in [2.45, 2.75) is 32.4 Å². The highest BCUT2D eigenvalue weighted by Crippen LogP contribution is 2.40. The van der Waals surface area contributed by atoms with E-state index in [9.17, 15) is 0 Å². The SMILES string of the molecule is CCC1C2CNCC2CN1C(C)c1csc(Cl)c1. The lowest BCUT2D eigenvalue weighted by Crippen LogP contribution is -2.36. The average molecular weight is 285 g/mol. The summed E-state index contributed by atoms with van der Waals surface area (Å²) in [6.45, 7) is 8.30. The molecule has 0 radical (unpaired) electrons. The van der Waals surface area contributed by atoms with Gasteiger partial charge in [0.2, 0.25) is 0 Å². The highest BCUT2D eigenvalue weighted by molar-refractivity contribution is 7.14. The van der Waals surface area contributed by atoms with Crippen LogP contribution in [-0.2, 0) is 0 Å². The van der Waals surface area contributed by atoms with E-state index in [1.807, 2.05) is 0 Å². The van der Waals surface area contributed by atoms with Gasteiger partial charge < -0.3 is 5.32 Å². The maximum absolute atomic E-state index is 6.07. The van der Waals surface area contributed by atoms with E-state index in [4.69, 9.17) is 11.6 Å². The second-order valence-electron chi connectivity index (χ2n) is 5.61. The summed E-state index contributed by atoms with van der Waals surface area (Å²) in [6, 6.07) is 3.37. The van der Waals surface area contributed by atoms with E-state index in [1.165, 1.54) is 31.6 Å². The summed E-state index contributed by atoms with van der Waals surface area (Å²) in [5.41, 5.74) is 1.39. The Morgan fingerprint density at radius 3 is 3.06 bits per heavy atom. The molecule has 0 spiro atoms. The van der Waals surface area contributed by atoms with Gasteiger partial charge in [0.1, 0.15) is 0 Å². The summed E-state index contributed by atoms with van der Waals surface area (Å²) in [5, 5.41) is 5.76. The predicted octanol–water partition coefficient (Wildman–Crippen LogP) is 3.39. The molecule has 2 nitrogen and oxygen atoms in total. The lowest BCUT2D eigenvalue weighted by molar-refractivity contribution is 0.166. The van der Waals surface area contributed by atoms with E-state index in [-0.39, 0.29) is 0 Å². The van der Waals surface area contributed by atoms with Gasteiger partial charge in [0, 0.05) is 18.6 Å². The van der Waals surface area contributed by atoms with Gasteiger partial charge in [-0.2, -0.15) is 0 Å². The highest BCUT2D eigenvalue weighted by atomic mass is 35.5. The molecule has 1 N–H and O–H groups in total. The van der Waals surface area contributed by atoms with Crippen molar-refractivity contribution < 1.29 is 0 Å². The zero-order chi connectivity index (χ0) is 12.7. The maximum Gasteiger partial charge on any atom is 0.0931 e. The topological polar surface area (TPSA) is 15.3 Å². The van der Waals surface area contributed by atoms with Gasteiger partial charge in [-0.3, -0.25) is 4.90 Å². The van der Waals surface area contributed by atoms with Crippen molar-refractivity contribution in [3.8, 4) is 0 Å². The van der Waals surface area contributed by atoms with E-state index in [0.29, 0.717) is 6.04 Å². The maximum atomic E-state index is 6.07. The first-order chi connectivity index (χ1) is 8.70. The standard InChI is InChI=1S/C14H21ClN2S/c1-3-13-12-6-16-5-11(12)7-17(13)9(2)10-4-14(15)18-8-10/h4,8-9,11-13,16H,3,5-7H2,1-2H3. The molecule has 18 heavy (non-hydrogen) atoms. The molecule has 0 bridgehead atoms. The minimum Gasteiger partial charge on any atom is -0.316 e. The van der Waals surface area contributed by atoms with E-state index in [0.717, 1.165) is 22.2 Å². The Labute approximate surface area is 118 Å². The monoisotopic (exact) mass is 284 g/mol. The fourth-order valence-corrected chi connectivity index (χ4v) is 4.75. The summed E-state index contributed by atoms with van der Waals surface area (Å²) in [6.07, 6.45) is 1.26.